The van der Waals surface area contributed by atoms with Crippen LogP contribution in [0.1, 0.15) is 78.3 Å². The number of fused-ring (bicyclic) bond motifs is 1. The number of amides is 1. The molecular formula is C38H38ClN3O5. The lowest BCUT2D eigenvalue weighted by Gasteiger charge is -2.25. The molecule has 6 rings (SSSR count). The Morgan fingerprint density at radius 2 is 1.60 bits per heavy atom. The van der Waals surface area contributed by atoms with Crippen molar-refractivity contribution in [2.45, 2.75) is 64.1 Å². The monoisotopic (exact) mass is 651 g/mol. The smallest absolute Gasteiger partial charge is 0.335 e. The minimum absolute atomic E-state index is 0.187. The molecule has 0 radical (unpaired) electrons. The van der Waals surface area contributed by atoms with Crippen LogP contribution in [-0.2, 0) is 6.61 Å². The van der Waals surface area contributed by atoms with E-state index in [9.17, 15) is 19.8 Å². The van der Waals surface area contributed by atoms with Crippen LogP contribution in [0.3, 0.4) is 0 Å². The zero-order chi connectivity index (χ0) is 33.1. The van der Waals surface area contributed by atoms with Gasteiger partial charge in [-0.15, -0.1) is 0 Å². The molecule has 0 spiro atoms. The third-order valence-electron chi connectivity index (χ3n) is 8.75. The average Bonchev–Trinajstić information content (AvgIpc) is 3.47. The number of carboxylic acids is 1. The van der Waals surface area contributed by atoms with Crippen molar-refractivity contribution in [2.75, 3.05) is 6.61 Å². The summed E-state index contributed by atoms with van der Waals surface area (Å²) in [4.78, 5) is 29.6. The van der Waals surface area contributed by atoms with Gasteiger partial charge in [-0.05, 0) is 110 Å². The van der Waals surface area contributed by atoms with Gasteiger partial charge in [0.25, 0.3) is 5.91 Å². The van der Waals surface area contributed by atoms with Gasteiger partial charge < -0.3 is 24.8 Å². The Hall–Kier alpha value is -4.66. The molecule has 1 fully saturated rings. The molecule has 1 saturated carbocycles. The van der Waals surface area contributed by atoms with Crippen molar-refractivity contribution in [1.29, 1.82) is 0 Å². The maximum absolute atomic E-state index is 13.1. The number of aliphatic hydroxyl groups excluding tert-OH is 1. The van der Waals surface area contributed by atoms with Crippen molar-refractivity contribution in [3.05, 3.63) is 107 Å². The Bertz CT molecular complexity index is 1910. The highest BCUT2D eigenvalue weighted by Gasteiger charge is 2.24. The van der Waals surface area contributed by atoms with Crippen molar-refractivity contribution in [3.8, 4) is 28.3 Å². The van der Waals surface area contributed by atoms with Gasteiger partial charge in [-0.2, -0.15) is 0 Å². The fourth-order valence-corrected chi connectivity index (χ4v) is 6.32. The summed E-state index contributed by atoms with van der Waals surface area (Å²) in [6, 6.07) is 26.3. The number of carboxylic acid groups (broad SMARTS) is 1. The fraction of sp³-hybridized carbons (Fsp3) is 0.289. The molecule has 9 heteroatoms. The molecule has 1 aliphatic rings. The van der Waals surface area contributed by atoms with E-state index in [1.54, 1.807) is 32.0 Å². The first-order chi connectivity index (χ1) is 22.6. The van der Waals surface area contributed by atoms with E-state index in [0.717, 1.165) is 59.3 Å². The number of rotatable bonds is 10. The second-order valence-electron chi connectivity index (χ2n) is 12.8. The van der Waals surface area contributed by atoms with E-state index in [1.165, 1.54) is 6.42 Å². The number of aliphatic hydroxyl groups is 1. The average molecular weight is 652 g/mol. The van der Waals surface area contributed by atoms with Crippen LogP contribution in [0.5, 0.6) is 5.75 Å². The Kier molecular flexibility index (Phi) is 9.34. The Labute approximate surface area is 279 Å². The second-order valence-corrected chi connectivity index (χ2v) is 13.2. The van der Waals surface area contributed by atoms with Crippen molar-refractivity contribution in [3.63, 3.8) is 0 Å². The molecule has 242 valence electrons. The number of halogens is 1. The van der Waals surface area contributed by atoms with E-state index >= 15 is 0 Å². The van der Waals surface area contributed by atoms with Crippen LogP contribution in [0.15, 0.2) is 84.9 Å². The van der Waals surface area contributed by atoms with Crippen LogP contribution < -0.4 is 10.1 Å². The standard InChI is InChI=1S/C38H38ClN3O5/c1-38(2,23-43)41-36(44)26-12-18-32(24-8-14-29(39)15-9-24)28(20-26)22-47-31-16-10-25(11-17-31)35-40-33-21-27(37(45)46)13-19-34(33)42(35)30-6-4-3-5-7-30/h8-21,30,43H,3-7,22-23H2,1-2H3,(H,41,44)(H,45,46). The molecule has 8 nitrogen and oxygen atoms in total. The minimum Gasteiger partial charge on any atom is -0.489 e. The van der Waals surface area contributed by atoms with Gasteiger partial charge in [0.2, 0.25) is 0 Å². The van der Waals surface area contributed by atoms with E-state index < -0.39 is 11.5 Å². The second kappa shape index (κ2) is 13.6. The molecule has 3 N–H and O–H groups in total. The molecule has 1 aromatic heterocycles. The molecular weight excluding hydrogens is 614 g/mol. The minimum atomic E-state index is -0.971. The zero-order valence-corrected chi connectivity index (χ0v) is 27.3. The summed E-state index contributed by atoms with van der Waals surface area (Å²) in [6.45, 7) is 3.55. The number of carbonyl (C=O) groups is 2. The van der Waals surface area contributed by atoms with E-state index in [1.807, 2.05) is 66.7 Å². The Morgan fingerprint density at radius 3 is 2.28 bits per heavy atom. The molecule has 0 unspecified atom stereocenters. The van der Waals surface area contributed by atoms with Gasteiger partial charge in [-0.1, -0.05) is 49.1 Å². The van der Waals surface area contributed by atoms with Gasteiger partial charge in [0.1, 0.15) is 18.2 Å². The Morgan fingerprint density at radius 1 is 0.915 bits per heavy atom. The lowest BCUT2D eigenvalue weighted by molar-refractivity contribution is 0.0696. The lowest BCUT2D eigenvalue weighted by Crippen LogP contribution is -2.46. The molecule has 5 aromatic rings. The number of hydrogen-bond donors (Lipinski definition) is 3. The molecule has 1 amide bonds. The fourth-order valence-electron chi connectivity index (χ4n) is 6.19. The summed E-state index contributed by atoms with van der Waals surface area (Å²) < 4.78 is 8.56. The summed E-state index contributed by atoms with van der Waals surface area (Å²) in [5.74, 6) is 0.214. The van der Waals surface area contributed by atoms with Crippen LogP contribution >= 0.6 is 11.6 Å². The van der Waals surface area contributed by atoms with Crippen LogP contribution in [0.4, 0.5) is 0 Å². The third kappa shape index (κ3) is 7.19. The number of ether oxygens (including phenoxy) is 1. The van der Waals surface area contributed by atoms with Crippen LogP contribution in [-0.4, -0.2) is 43.8 Å². The van der Waals surface area contributed by atoms with Gasteiger partial charge in [0.15, 0.2) is 0 Å². The van der Waals surface area contributed by atoms with Crippen LogP contribution in [0, 0.1) is 0 Å². The molecule has 1 aliphatic carbocycles. The van der Waals surface area contributed by atoms with Crippen molar-refractivity contribution < 1.29 is 24.5 Å². The number of aromatic nitrogens is 2. The normalized spacial score (nSPS) is 13.9. The topological polar surface area (TPSA) is 114 Å². The van der Waals surface area contributed by atoms with E-state index in [4.69, 9.17) is 21.3 Å². The summed E-state index contributed by atoms with van der Waals surface area (Å²) in [5, 5.41) is 22.7. The largest absolute Gasteiger partial charge is 0.489 e. The summed E-state index contributed by atoms with van der Waals surface area (Å²) in [7, 11) is 0. The number of imidazole rings is 1. The van der Waals surface area contributed by atoms with Gasteiger partial charge >= 0.3 is 5.97 Å². The predicted octanol–water partition coefficient (Wildman–Crippen LogP) is 8.31. The summed E-state index contributed by atoms with van der Waals surface area (Å²) >= 11 is 6.15. The first-order valence-electron chi connectivity index (χ1n) is 15.9. The lowest BCUT2D eigenvalue weighted by atomic mass is 9.95. The molecule has 0 saturated heterocycles. The first-order valence-corrected chi connectivity index (χ1v) is 16.3. The Balaban J connectivity index is 1.29. The zero-order valence-electron chi connectivity index (χ0n) is 26.5. The summed E-state index contributed by atoms with van der Waals surface area (Å²) in [6.07, 6.45) is 5.66. The van der Waals surface area contributed by atoms with Gasteiger partial charge in [0.05, 0.1) is 28.7 Å². The highest BCUT2D eigenvalue weighted by Crippen LogP contribution is 2.37. The number of carbonyl (C=O) groups excluding carboxylic acids is 1. The third-order valence-corrected chi connectivity index (χ3v) is 9.00. The van der Waals surface area contributed by atoms with Crippen LogP contribution in [0.25, 0.3) is 33.5 Å². The number of nitrogens with zero attached hydrogens (tertiary/aromatic N) is 2. The first kappa shape index (κ1) is 32.3. The highest BCUT2D eigenvalue weighted by molar-refractivity contribution is 6.30. The van der Waals surface area contributed by atoms with Gasteiger partial charge in [0, 0.05) is 22.2 Å². The number of nitrogens with one attached hydrogen (secondary N) is 1. The van der Waals surface area contributed by atoms with Crippen molar-refractivity contribution in [2.24, 2.45) is 0 Å². The van der Waals surface area contributed by atoms with Crippen molar-refractivity contribution in [1.82, 2.24) is 14.9 Å². The number of benzene rings is 4. The molecule has 0 bridgehead atoms. The maximum atomic E-state index is 13.1. The molecule has 4 aromatic carbocycles. The number of hydrogen-bond acceptors (Lipinski definition) is 5. The maximum Gasteiger partial charge on any atom is 0.335 e. The summed E-state index contributed by atoms with van der Waals surface area (Å²) in [5.41, 5.74) is 5.13. The molecule has 0 atom stereocenters. The van der Waals surface area contributed by atoms with E-state index in [2.05, 4.69) is 9.88 Å². The quantitative estimate of drug-likeness (QED) is 0.140. The molecule has 0 aliphatic heterocycles. The van der Waals surface area contributed by atoms with Crippen LogP contribution in [0.2, 0.25) is 5.02 Å². The van der Waals surface area contributed by atoms with E-state index in [0.29, 0.717) is 27.9 Å². The van der Waals surface area contributed by atoms with Gasteiger partial charge in [-0.3, -0.25) is 4.79 Å². The highest BCUT2D eigenvalue weighted by atomic mass is 35.5. The predicted molar refractivity (Wildman–Crippen MR) is 184 cm³/mol. The molecule has 1 heterocycles. The van der Waals surface area contributed by atoms with E-state index in [-0.39, 0.29) is 24.7 Å². The molecule has 47 heavy (non-hydrogen) atoms. The van der Waals surface area contributed by atoms with Gasteiger partial charge in [-0.25, -0.2) is 9.78 Å². The SMILES string of the molecule is CC(C)(CO)NC(=O)c1ccc(-c2ccc(Cl)cc2)c(COc2ccc(-c3nc4cc(C(=O)O)ccc4n3C3CCCCC3)cc2)c1. The van der Waals surface area contributed by atoms with Crippen molar-refractivity contribution >= 4 is 34.5 Å². The number of aromatic carboxylic acids is 1.